The average molecular weight is 258 g/mol. The molecule has 1 heterocycles. The van der Waals surface area contributed by atoms with Crippen molar-refractivity contribution < 1.29 is 0 Å². The Morgan fingerprint density at radius 2 is 2.00 bits per heavy atom. The van der Waals surface area contributed by atoms with E-state index in [1.807, 2.05) is 18.2 Å². The molecule has 1 aromatic carbocycles. The van der Waals surface area contributed by atoms with E-state index in [4.69, 9.17) is 11.6 Å². The summed E-state index contributed by atoms with van der Waals surface area (Å²) >= 11 is 6.33. The largest absolute Gasteiger partial charge is 0.240 e. The van der Waals surface area contributed by atoms with Crippen LogP contribution in [0.25, 0.3) is 11.1 Å². The van der Waals surface area contributed by atoms with Crippen molar-refractivity contribution in [3.8, 4) is 11.1 Å². The molecule has 0 saturated heterocycles. The van der Waals surface area contributed by atoms with Crippen LogP contribution < -0.4 is 0 Å². The van der Waals surface area contributed by atoms with Gasteiger partial charge in [0.05, 0.1) is 0 Å². The summed E-state index contributed by atoms with van der Waals surface area (Å²) < 4.78 is 0. The van der Waals surface area contributed by atoms with Crippen LogP contribution in [0.2, 0.25) is 5.15 Å². The highest BCUT2D eigenvalue weighted by atomic mass is 35.5. The van der Waals surface area contributed by atoms with E-state index in [0.29, 0.717) is 5.15 Å². The van der Waals surface area contributed by atoms with Gasteiger partial charge in [0.1, 0.15) is 5.15 Å². The lowest BCUT2D eigenvalue weighted by atomic mass is 9.87. The molecule has 2 heteroatoms. The van der Waals surface area contributed by atoms with Crippen LogP contribution in [-0.4, -0.2) is 4.98 Å². The number of hydrogen-bond acceptors (Lipinski definition) is 1. The Morgan fingerprint density at radius 3 is 2.78 bits per heavy atom. The maximum atomic E-state index is 6.33. The molecule has 92 valence electrons. The minimum absolute atomic E-state index is 0.633. The Balaban J connectivity index is 2.08. The minimum Gasteiger partial charge on any atom is -0.240 e. The number of rotatable bonds is 1. The second-order valence-corrected chi connectivity index (χ2v) is 5.50. The van der Waals surface area contributed by atoms with Gasteiger partial charge in [-0.2, -0.15) is 0 Å². The monoisotopic (exact) mass is 257 g/mol. The first-order valence-electron chi connectivity index (χ1n) is 6.48. The smallest absolute Gasteiger partial charge is 0.137 e. The number of hydrogen-bond donors (Lipinski definition) is 0. The number of benzene rings is 1. The normalized spacial score (nSPS) is 18.4. The van der Waals surface area contributed by atoms with Crippen LogP contribution in [0.15, 0.2) is 36.4 Å². The number of aromatic nitrogens is 1. The highest BCUT2D eigenvalue weighted by molar-refractivity contribution is 6.32. The summed E-state index contributed by atoms with van der Waals surface area (Å²) in [7, 11) is 0. The van der Waals surface area contributed by atoms with Crippen LogP contribution in [-0.2, 0) is 12.8 Å². The van der Waals surface area contributed by atoms with Crippen LogP contribution in [0.1, 0.15) is 24.6 Å². The highest BCUT2D eigenvalue weighted by Gasteiger charge is 2.18. The SMILES string of the molecule is CC1CCc2cc(-c3ccccc3)c(Cl)nc2C1. The second-order valence-electron chi connectivity index (χ2n) is 5.15. The van der Waals surface area contributed by atoms with E-state index in [-0.39, 0.29) is 0 Å². The molecule has 1 atom stereocenters. The molecule has 0 fully saturated rings. The molecule has 1 aromatic heterocycles. The average Bonchev–Trinajstić information content (AvgIpc) is 2.39. The van der Waals surface area contributed by atoms with Crippen molar-refractivity contribution in [3.05, 3.63) is 52.8 Å². The number of fused-ring (bicyclic) bond motifs is 1. The van der Waals surface area contributed by atoms with E-state index in [9.17, 15) is 0 Å². The Hall–Kier alpha value is -1.34. The van der Waals surface area contributed by atoms with E-state index in [0.717, 1.165) is 29.9 Å². The van der Waals surface area contributed by atoms with E-state index in [2.05, 4.69) is 30.1 Å². The Morgan fingerprint density at radius 1 is 1.22 bits per heavy atom. The minimum atomic E-state index is 0.633. The molecule has 1 unspecified atom stereocenters. The summed E-state index contributed by atoms with van der Waals surface area (Å²) in [5, 5.41) is 0.633. The third-order valence-corrected chi connectivity index (χ3v) is 3.97. The maximum absolute atomic E-state index is 6.33. The second kappa shape index (κ2) is 4.74. The van der Waals surface area contributed by atoms with Crippen LogP contribution in [0, 0.1) is 5.92 Å². The quantitative estimate of drug-likeness (QED) is 0.684. The molecule has 0 amide bonds. The van der Waals surface area contributed by atoms with Gasteiger partial charge in [-0.3, -0.25) is 0 Å². The van der Waals surface area contributed by atoms with Crippen molar-refractivity contribution in [1.29, 1.82) is 0 Å². The van der Waals surface area contributed by atoms with Crippen molar-refractivity contribution >= 4 is 11.6 Å². The highest BCUT2D eigenvalue weighted by Crippen LogP contribution is 2.32. The molecule has 0 spiro atoms. The van der Waals surface area contributed by atoms with Crippen LogP contribution in [0.5, 0.6) is 0 Å². The Bertz CT molecular complexity index is 563. The molecule has 18 heavy (non-hydrogen) atoms. The van der Waals surface area contributed by atoms with E-state index < -0.39 is 0 Å². The predicted octanol–water partition coefficient (Wildman–Crippen LogP) is 4.53. The molecule has 3 rings (SSSR count). The molecular weight excluding hydrogens is 242 g/mol. The molecule has 0 saturated carbocycles. The first-order chi connectivity index (χ1) is 8.74. The lowest BCUT2D eigenvalue weighted by Crippen LogP contribution is -2.13. The van der Waals surface area contributed by atoms with Crippen molar-refractivity contribution in [2.45, 2.75) is 26.2 Å². The number of aryl methyl sites for hydroxylation is 1. The van der Waals surface area contributed by atoms with Crippen molar-refractivity contribution in [3.63, 3.8) is 0 Å². The summed E-state index contributed by atoms with van der Waals surface area (Å²) in [4.78, 5) is 4.61. The summed E-state index contributed by atoms with van der Waals surface area (Å²) in [5.41, 5.74) is 4.77. The van der Waals surface area contributed by atoms with Gasteiger partial charge in [0.15, 0.2) is 0 Å². The molecule has 0 N–H and O–H groups in total. The van der Waals surface area contributed by atoms with Gasteiger partial charge in [-0.25, -0.2) is 4.98 Å². The molecular formula is C16H16ClN. The van der Waals surface area contributed by atoms with E-state index >= 15 is 0 Å². The standard InChI is InChI=1S/C16H16ClN/c1-11-7-8-13-10-14(12-5-3-2-4-6-12)16(17)18-15(13)9-11/h2-6,10-11H,7-9H2,1H3. The molecule has 0 bridgehead atoms. The van der Waals surface area contributed by atoms with Crippen molar-refractivity contribution in [1.82, 2.24) is 4.98 Å². The molecule has 1 nitrogen and oxygen atoms in total. The summed E-state index contributed by atoms with van der Waals surface area (Å²) in [6, 6.07) is 12.5. The molecule has 0 aliphatic heterocycles. The lowest BCUT2D eigenvalue weighted by Gasteiger charge is -2.21. The van der Waals surface area contributed by atoms with Gasteiger partial charge >= 0.3 is 0 Å². The molecule has 1 aliphatic rings. The summed E-state index contributed by atoms with van der Waals surface area (Å²) in [6.45, 7) is 2.28. The summed E-state index contributed by atoms with van der Waals surface area (Å²) in [6.07, 6.45) is 3.44. The first kappa shape index (κ1) is 11.7. The van der Waals surface area contributed by atoms with Crippen molar-refractivity contribution in [2.75, 3.05) is 0 Å². The zero-order valence-electron chi connectivity index (χ0n) is 10.5. The van der Waals surface area contributed by atoms with E-state index in [1.165, 1.54) is 17.7 Å². The van der Waals surface area contributed by atoms with Crippen LogP contribution in [0.4, 0.5) is 0 Å². The molecule has 1 aliphatic carbocycles. The number of nitrogens with zero attached hydrogens (tertiary/aromatic N) is 1. The van der Waals surface area contributed by atoms with Gasteiger partial charge in [-0.15, -0.1) is 0 Å². The zero-order valence-corrected chi connectivity index (χ0v) is 11.2. The predicted molar refractivity (Wildman–Crippen MR) is 75.9 cm³/mol. The fraction of sp³-hybridized carbons (Fsp3) is 0.312. The van der Waals surface area contributed by atoms with Gasteiger partial charge in [-0.05, 0) is 42.4 Å². The number of halogens is 1. The van der Waals surface area contributed by atoms with E-state index in [1.54, 1.807) is 0 Å². The number of pyridine rings is 1. The van der Waals surface area contributed by atoms with Gasteiger partial charge < -0.3 is 0 Å². The molecule has 2 aromatic rings. The Kier molecular flexibility index (Phi) is 3.09. The zero-order chi connectivity index (χ0) is 12.5. The van der Waals surface area contributed by atoms with Gasteiger partial charge in [-0.1, -0.05) is 48.9 Å². The van der Waals surface area contributed by atoms with Crippen molar-refractivity contribution in [2.24, 2.45) is 5.92 Å². The van der Waals surface area contributed by atoms with Gasteiger partial charge in [0.2, 0.25) is 0 Å². The Labute approximate surface area is 113 Å². The maximum Gasteiger partial charge on any atom is 0.137 e. The summed E-state index contributed by atoms with van der Waals surface area (Å²) in [5.74, 6) is 0.726. The van der Waals surface area contributed by atoms with Gasteiger partial charge in [0, 0.05) is 11.3 Å². The van der Waals surface area contributed by atoms with Crippen LogP contribution in [0.3, 0.4) is 0 Å². The third-order valence-electron chi connectivity index (χ3n) is 3.68. The third kappa shape index (κ3) is 2.15. The van der Waals surface area contributed by atoms with Gasteiger partial charge in [0.25, 0.3) is 0 Å². The fourth-order valence-electron chi connectivity index (χ4n) is 2.61. The lowest BCUT2D eigenvalue weighted by molar-refractivity contribution is 0.492. The van der Waals surface area contributed by atoms with Crippen LogP contribution >= 0.6 is 11.6 Å². The first-order valence-corrected chi connectivity index (χ1v) is 6.85. The molecule has 0 radical (unpaired) electrons. The topological polar surface area (TPSA) is 12.9 Å². The fourth-order valence-corrected chi connectivity index (χ4v) is 2.88.